The lowest BCUT2D eigenvalue weighted by Gasteiger charge is -2.41. The first-order valence-corrected chi connectivity index (χ1v) is 10.7. The summed E-state index contributed by atoms with van der Waals surface area (Å²) in [6.45, 7) is 5.78. The van der Waals surface area contributed by atoms with Crippen molar-refractivity contribution >= 4 is 11.8 Å². The highest BCUT2D eigenvalue weighted by atomic mass is 16.6. The van der Waals surface area contributed by atoms with Crippen LogP contribution >= 0.6 is 0 Å². The SMILES string of the molecule is COC(=O)[C@@H](OC1CCN(N2CCNCC2)CC1)C(=O)CCc1ccc(OC)cc1. The van der Waals surface area contributed by atoms with Crippen LogP contribution in [0.15, 0.2) is 24.3 Å². The molecular weight excluding hydrogens is 386 g/mol. The number of methoxy groups -OCH3 is 2. The molecule has 0 amide bonds. The number of carbonyl (C=O) groups is 2. The minimum Gasteiger partial charge on any atom is -0.497 e. The maximum Gasteiger partial charge on any atom is 0.342 e. The van der Waals surface area contributed by atoms with Crippen molar-refractivity contribution in [3.05, 3.63) is 29.8 Å². The number of carbonyl (C=O) groups excluding carboxylic acids is 2. The second kappa shape index (κ2) is 11.4. The number of piperazine rings is 1. The molecule has 30 heavy (non-hydrogen) atoms. The maximum atomic E-state index is 12.7. The molecule has 1 atom stereocenters. The third kappa shape index (κ3) is 6.25. The van der Waals surface area contributed by atoms with Crippen molar-refractivity contribution in [1.29, 1.82) is 0 Å². The van der Waals surface area contributed by atoms with Gasteiger partial charge in [0.25, 0.3) is 0 Å². The van der Waals surface area contributed by atoms with E-state index in [0.29, 0.717) is 6.42 Å². The van der Waals surface area contributed by atoms with E-state index in [4.69, 9.17) is 14.2 Å². The standard InChI is InChI=1S/C22H33N3O5/c1-28-18-6-3-17(4-7-18)5-8-20(26)21(22(27)29-2)30-19-9-13-24(14-10-19)25-15-11-23-12-16-25/h3-4,6-7,19,21,23H,5,8-16H2,1-2H3/t21-/m0/s1. The van der Waals surface area contributed by atoms with Crippen LogP contribution in [0.1, 0.15) is 24.8 Å². The van der Waals surface area contributed by atoms with E-state index >= 15 is 0 Å². The first-order chi connectivity index (χ1) is 14.6. The molecule has 0 aromatic heterocycles. The number of hydrazine groups is 1. The van der Waals surface area contributed by atoms with Crippen LogP contribution in [0.25, 0.3) is 0 Å². The smallest absolute Gasteiger partial charge is 0.342 e. The fraction of sp³-hybridized carbons (Fsp3) is 0.636. The maximum absolute atomic E-state index is 12.7. The van der Waals surface area contributed by atoms with E-state index in [1.807, 2.05) is 24.3 Å². The Morgan fingerprint density at radius 1 is 1.03 bits per heavy atom. The second-order valence-electron chi connectivity index (χ2n) is 7.71. The average molecular weight is 420 g/mol. The molecule has 0 radical (unpaired) electrons. The lowest BCUT2D eigenvalue weighted by Crippen LogP contribution is -2.55. The zero-order valence-corrected chi connectivity index (χ0v) is 18.0. The van der Waals surface area contributed by atoms with Gasteiger partial charge < -0.3 is 19.5 Å². The number of hydrogen-bond donors (Lipinski definition) is 1. The van der Waals surface area contributed by atoms with Crippen molar-refractivity contribution in [2.75, 3.05) is 53.5 Å². The molecule has 0 unspecified atom stereocenters. The zero-order valence-electron chi connectivity index (χ0n) is 18.0. The van der Waals surface area contributed by atoms with Crippen LogP contribution in [0, 0.1) is 0 Å². The number of hydrogen-bond acceptors (Lipinski definition) is 8. The number of nitrogens with zero attached hydrogens (tertiary/aromatic N) is 2. The van der Waals surface area contributed by atoms with Crippen LogP contribution in [0.4, 0.5) is 0 Å². The zero-order chi connectivity index (χ0) is 21.3. The summed E-state index contributed by atoms with van der Waals surface area (Å²) in [5, 5.41) is 8.10. The third-order valence-corrected chi connectivity index (χ3v) is 5.77. The fourth-order valence-electron chi connectivity index (χ4n) is 3.95. The van der Waals surface area contributed by atoms with Crippen molar-refractivity contribution in [2.24, 2.45) is 0 Å². The number of rotatable bonds is 9. The van der Waals surface area contributed by atoms with Gasteiger partial charge in [0, 0.05) is 45.7 Å². The van der Waals surface area contributed by atoms with Gasteiger partial charge in [0.15, 0.2) is 5.78 Å². The summed E-state index contributed by atoms with van der Waals surface area (Å²) in [4.78, 5) is 25.0. The molecule has 3 rings (SSSR count). The molecular formula is C22H33N3O5. The molecule has 1 N–H and O–H groups in total. The highest BCUT2D eigenvalue weighted by molar-refractivity contribution is 6.02. The van der Waals surface area contributed by atoms with Crippen LogP contribution in [-0.2, 0) is 25.5 Å². The Balaban J connectivity index is 1.49. The van der Waals surface area contributed by atoms with Crippen molar-refractivity contribution in [3.8, 4) is 5.75 Å². The van der Waals surface area contributed by atoms with Gasteiger partial charge in [0.05, 0.1) is 20.3 Å². The summed E-state index contributed by atoms with van der Waals surface area (Å²) in [7, 11) is 2.91. The number of ketones is 1. The van der Waals surface area contributed by atoms with Gasteiger partial charge in [-0.2, -0.15) is 0 Å². The average Bonchev–Trinajstić information content (AvgIpc) is 2.81. The molecule has 8 nitrogen and oxygen atoms in total. The second-order valence-corrected chi connectivity index (χ2v) is 7.71. The Hall–Kier alpha value is -2.00. The highest BCUT2D eigenvalue weighted by Gasteiger charge is 2.33. The van der Waals surface area contributed by atoms with E-state index in [1.54, 1.807) is 7.11 Å². The molecule has 166 valence electrons. The molecule has 2 saturated heterocycles. The Labute approximate surface area is 178 Å². The molecule has 2 fully saturated rings. The van der Waals surface area contributed by atoms with Gasteiger partial charge in [0.2, 0.25) is 6.10 Å². The summed E-state index contributed by atoms with van der Waals surface area (Å²) in [5.41, 5.74) is 1.01. The van der Waals surface area contributed by atoms with E-state index in [0.717, 1.165) is 63.4 Å². The predicted molar refractivity (Wildman–Crippen MR) is 112 cm³/mol. The number of ether oxygens (including phenoxy) is 3. The van der Waals surface area contributed by atoms with Gasteiger partial charge in [-0.25, -0.2) is 14.8 Å². The van der Waals surface area contributed by atoms with Crippen LogP contribution in [0.2, 0.25) is 0 Å². The number of benzene rings is 1. The van der Waals surface area contributed by atoms with Crippen LogP contribution < -0.4 is 10.1 Å². The number of piperidine rings is 1. The van der Waals surface area contributed by atoms with Gasteiger partial charge >= 0.3 is 5.97 Å². The number of aryl methyl sites for hydroxylation is 1. The molecule has 2 aliphatic rings. The van der Waals surface area contributed by atoms with Crippen molar-refractivity contribution in [2.45, 2.75) is 37.9 Å². The third-order valence-electron chi connectivity index (χ3n) is 5.77. The van der Waals surface area contributed by atoms with E-state index < -0.39 is 12.1 Å². The molecule has 0 spiro atoms. The molecule has 0 bridgehead atoms. The van der Waals surface area contributed by atoms with E-state index in [1.165, 1.54) is 7.11 Å². The van der Waals surface area contributed by atoms with Crippen LogP contribution in [0.3, 0.4) is 0 Å². The summed E-state index contributed by atoms with van der Waals surface area (Å²) in [6, 6.07) is 7.57. The van der Waals surface area contributed by atoms with Gasteiger partial charge in [-0.1, -0.05) is 12.1 Å². The Morgan fingerprint density at radius 2 is 1.67 bits per heavy atom. The molecule has 0 aliphatic carbocycles. The largest absolute Gasteiger partial charge is 0.497 e. The van der Waals surface area contributed by atoms with Gasteiger partial charge in [0.1, 0.15) is 5.75 Å². The number of Topliss-reactive ketones (excluding diaryl/α,β-unsaturated/α-hetero) is 1. The number of nitrogens with one attached hydrogen (secondary N) is 1. The van der Waals surface area contributed by atoms with Crippen LogP contribution in [0.5, 0.6) is 5.75 Å². The predicted octanol–water partition coefficient (Wildman–Crippen LogP) is 1.04. The van der Waals surface area contributed by atoms with Gasteiger partial charge in [-0.05, 0) is 37.0 Å². The Kier molecular flexibility index (Phi) is 8.62. The minimum absolute atomic E-state index is 0.113. The molecule has 1 aromatic rings. The van der Waals surface area contributed by atoms with E-state index in [2.05, 4.69) is 15.3 Å². The lowest BCUT2D eigenvalue weighted by molar-refractivity contribution is -0.167. The van der Waals surface area contributed by atoms with Crippen molar-refractivity contribution in [1.82, 2.24) is 15.3 Å². The minimum atomic E-state index is -1.15. The molecule has 8 heteroatoms. The van der Waals surface area contributed by atoms with Gasteiger partial charge in [-0.3, -0.25) is 4.79 Å². The lowest BCUT2D eigenvalue weighted by atomic mass is 10.0. The monoisotopic (exact) mass is 419 g/mol. The first kappa shape index (κ1) is 22.7. The Morgan fingerprint density at radius 3 is 2.27 bits per heavy atom. The summed E-state index contributed by atoms with van der Waals surface area (Å²) < 4.78 is 16.0. The Bertz CT molecular complexity index is 683. The topological polar surface area (TPSA) is 80.3 Å². The highest BCUT2D eigenvalue weighted by Crippen LogP contribution is 2.19. The van der Waals surface area contributed by atoms with Crippen LogP contribution in [-0.4, -0.2) is 87.5 Å². The molecule has 2 aliphatic heterocycles. The summed E-state index contributed by atoms with van der Waals surface area (Å²) in [5.74, 6) is -0.0746. The molecule has 0 saturated carbocycles. The van der Waals surface area contributed by atoms with Crippen molar-refractivity contribution < 1.29 is 23.8 Å². The molecule has 1 aromatic carbocycles. The van der Waals surface area contributed by atoms with E-state index in [9.17, 15) is 9.59 Å². The van der Waals surface area contributed by atoms with Gasteiger partial charge in [-0.15, -0.1) is 0 Å². The fourth-order valence-corrected chi connectivity index (χ4v) is 3.95. The van der Waals surface area contributed by atoms with Crippen molar-refractivity contribution in [3.63, 3.8) is 0 Å². The normalized spacial score (nSPS) is 19.9. The van der Waals surface area contributed by atoms with E-state index in [-0.39, 0.29) is 18.3 Å². The summed E-state index contributed by atoms with van der Waals surface area (Å²) >= 11 is 0. The summed E-state index contributed by atoms with van der Waals surface area (Å²) in [6.07, 6.45) is 1.10. The first-order valence-electron chi connectivity index (χ1n) is 10.7. The quantitative estimate of drug-likeness (QED) is 0.470. The number of esters is 1. The molecule has 2 heterocycles.